The number of carbonyl (C=O) groups excluding carboxylic acids is 2. The largest absolute Gasteiger partial charge is 0.354 e. The molecule has 2 amide bonds. The third-order valence-electron chi connectivity index (χ3n) is 6.96. The topological polar surface area (TPSA) is 67.2 Å². The summed E-state index contributed by atoms with van der Waals surface area (Å²) in [5, 5.41) is 8.04. The van der Waals surface area contributed by atoms with Crippen molar-refractivity contribution in [3.05, 3.63) is 101 Å². The van der Waals surface area contributed by atoms with Crippen molar-refractivity contribution in [3.63, 3.8) is 0 Å². The lowest BCUT2D eigenvalue weighted by molar-refractivity contribution is -0.123. The zero-order valence-electron chi connectivity index (χ0n) is 22.8. The number of anilines is 1. The van der Waals surface area contributed by atoms with Crippen LogP contribution in [0.25, 0.3) is 16.9 Å². The van der Waals surface area contributed by atoms with Crippen LogP contribution in [0, 0.1) is 19.8 Å². The van der Waals surface area contributed by atoms with Gasteiger partial charge in [0.1, 0.15) is 12.4 Å². The Morgan fingerprint density at radius 1 is 0.974 bits per heavy atom. The van der Waals surface area contributed by atoms with Gasteiger partial charge in [-0.15, -0.1) is 11.8 Å². The highest BCUT2D eigenvalue weighted by molar-refractivity contribution is 8.00. The molecule has 0 spiro atoms. The second-order valence-corrected chi connectivity index (χ2v) is 11.5. The van der Waals surface area contributed by atoms with Crippen LogP contribution in [-0.4, -0.2) is 40.4 Å². The molecule has 0 fully saturated rings. The van der Waals surface area contributed by atoms with Gasteiger partial charge in [0.15, 0.2) is 0 Å². The van der Waals surface area contributed by atoms with E-state index in [1.165, 1.54) is 0 Å². The van der Waals surface area contributed by atoms with Crippen molar-refractivity contribution in [2.75, 3.05) is 23.7 Å². The number of aromatic nitrogens is 2. The number of rotatable bonds is 7. The Morgan fingerprint density at radius 3 is 2.33 bits per heavy atom. The molecule has 1 atom stereocenters. The highest BCUT2D eigenvalue weighted by Crippen LogP contribution is 2.49. The third kappa shape index (κ3) is 5.50. The standard InChI is InChI=1S/C32H34N4O2S/c1-21(2)18-33-27(37)19-35-28(38)20-39-31(25-16-10-8-12-22(25)3)29-30(24-14-6-5-7-15-24)34-36(32(29)35)26-17-11-9-13-23(26)4/h5-17,21,31H,18-20H2,1-4H3,(H,33,37). The van der Waals surface area contributed by atoms with Gasteiger partial charge in [0.25, 0.3) is 0 Å². The Labute approximate surface area is 234 Å². The first-order chi connectivity index (χ1) is 18.8. The first-order valence-corrected chi connectivity index (χ1v) is 14.4. The summed E-state index contributed by atoms with van der Waals surface area (Å²) >= 11 is 1.60. The van der Waals surface area contributed by atoms with Crippen LogP contribution < -0.4 is 10.2 Å². The van der Waals surface area contributed by atoms with Crippen molar-refractivity contribution in [1.82, 2.24) is 15.1 Å². The normalized spacial score (nSPS) is 15.3. The number of amides is 2. The molecule has 0 aliphatic carbocycles. The second kappa shape index (κ2) is 11.5. The number of benzene rings is 3. The Bertz CT molecular complexity index is 1500. The lowest BCUT2D eigenvalue weighted by Crippen LogP contribution is -2.43. The number of aryl methyl sites for hydroxylation is 2. The summed E-state index contributed by atoms with van der Waals surface area (Å²) in [7, 11) is 0. The molecule has 4 aromatic rings. The summed E-state index contributed by atoms with van der Waals surface area (Å²) in [4.78, 5) is 28.6. The molecule has 200 valence electrons. The van der Waals surface area contributed by atoms with Gasteiger partial charge in [-0.05, 0) is 42.5 Å². The molecule has 7 heteroatoms. The summed E-state index contributed by atoms with van der Waals surface area (Å²) in [6.07, 6.45) is 0. The summed E-state index contributed by atoms with van der Waals surface area (Å²) < 4.78 is 1.87. The Balaban J connectivity index is 1.79. The molecule has 0 saturated heterocycles. The molecular weight excluding hydrogens is 504 g/mol. The predicted molar refractivity (Wildman–Crippen MR) is 159 cm³/mol. The van der Waals surface area contributed by atoms with E-state index >= 15 is 0 Å². The minimum absolute atomic E-state index is 0.0641. The monoisotopic (exact) mass is 538 g/mol. The Kier molecular flexibility index (Phi) is 7.89. The summed E-state index contributed by atoms with van der Waals surface area (Å²) in [6.45, 7) is 8.74. The van der Waals surface area contributed by atoms with E-state index in [0.29, 0.717) is 18.3 Å². The van der Waals surface area contributed by atoms with Crippen LogP contribution in [0.2, 0.25) is 0 Å². The second-order valence-electron chi connectivity index (χ2n) is 10.4. The van der Waals surface area contributed by atoms with Crippen LogP contribution in [0.15, 0.2) is 78.9 Å². The van der Waals surface area contributed by atoms with Gasteiger partial charge in [0.05, 0.1) is 22.4 Å². The molecule has 0 bridgehead atoms. The SMILES string of the molecule is Cc1ccccc1C1SCC(=O)N(CC(=O)NCC(C)C)c2c1c(-c1ccccc1)nn2-c1ccccc1C. The van der Waals surface area contributed by atoms with E-state index in [-0.39, 0.29) is 29.4 Å². The quantitative estimate of drug-likeness (QED) is 0.309. The van der Waals surface area contributed by atoms with E-state index < -0.39 is 0 Å². The smallest absolute Gasteiger partial charge is 0.240 e. The Morgan fingerprint density at radius 2 is 1.64 bits per heavy atom. The maximum atomic E-state index is 13.8. The van der Waals surface area contributed by atoms with Gasteiger partial charge in [-0.1, -0.05) is 86.6 Å². The van der Waals surface area contributed by atoms with Crippen molar-refractivity contribution in [2.45, 2.75) is 32.9 Å². The fourth-order valence-electron chi connectivity index (χ4n) is 4.94. The van der Waals surface area contributed by atoms with Gasteiger partial charge in [0, 0.05) is 17.7 Å². The number of fused-ring (bicyclic) bond motifs is 1. The molecule has 3 aromatic carbocycles. The van der Waals surface area contributed by atoms with Crippen LogP contribution in [0.5, 0.6) is 0 Å². The number of nitrogens with zero attached hydrogens (tertiary/aromatic N) is 3. The molecule has 6 nitrogen and oxygen atoms in total. The minimum atomic E-state index is -0.180. The lowest BCUT2D eigenvalue weighted by Gasteiger charge is -2.24. The van der Waals surface area contributed by atoms with Crippen molar-refractivity contribution in [2.24, 2.45) is 5.92 Å². The van der Waals surface area contributed by atoms with Crippen LogP contribution in [-0.2, 0) is 9.59 Å². The van der Waals surface area contributed by atoms with Crippen LogP contribution in [0.3, 0.4) is 0 Å². The fourth-order valence-corrected chi connectivity index (χ4v) is 6.23. The van der Waals surface area contributed by atoms with Gasteiger partial charge >= 0.3 is 0 Å². The van der Waals surface area contributed by atoms with Gasteiger partial charge in [0.2, 0.25) is 11.8 Å². The van der Waals surface area contributed by atoms with E-state index in [9.17, 15) is 9.59 Å². The predicted octanol–water partition coefficient (Wildman–Crippen LogP) is 6.10. The number of para-hydroxylation sites is 1. The molecular formula is C32H34N4O2S. The van der Waals surface area contributed by atoms with E-state index in [1.807, 2.05) is 66.2 Å². The molecule has 1 aliphatic rings. The van der Waals surface area contributed by atoms with Gasteiger partial charge in [-0.2, -0.15) is 5.10 Å². The van der Waals surface area contributed by atoms with Crippen LogP contribution in [0.4, 0.5) is 5.82 Å². The van der Waals surface area contributed by atoms with Crippen molar-refractivity contribution >= 4 is 29.4 Å². The van der Waals surface area contributed by atoms with Crippen LogP contribution in [0.1, 0.15) is 41.4 Å². The van der Waals surface area contributed by atoms with E-state index in [4.69, 9.17) is 5.10 Å². The Hall–Kier alpha value is -3.84. The molecule has 1 N–H and O–H groups in total. The molecule has 0 saturated carbocycles. The molecule has 2 heterocycles. The third-order valence-corrected chi connectivity index (χ3v) is 8.20. The first-order valence-electron chi connectivity index (χ1n) is 13.3. The zero-order chi connectivity index (χ0) is 27.5. The first kappa shape index (κ1) is 26.8. The molecule has 1 aliphatic heterocycles. The number of thioether (sulfide) groups is 1. The number of carbonyl (C=O) groups is 2. The summed E-state index contributed by atoms with van der Waals surface area (Å²) in [5.41, 5.74) is 6.94. The average Bonchev–Trinajstić information content (AvgIpc) is 3.25. The number of hydrogen-bond acceptors (Lipinski definition) is 4. The fraction of sp³-hybridized carbons (Fsp3) is 0.281. The van der Waals surface area contributed by atoms with E-state index in [0.717, 1.165) is 39.2 Å². The number of hydrogen-bond donors (Lipinski definition) is 1. The molecule has 39 heavy (non-hydrogen) atoms. The van der Waals surface area contributed by atoms with E-state index in [1.54, 1.807) is 16.7 Å². The molecule has 5 rings (SSSR count). The van der Waals surface area contributed by atoms with Gasteiger partial charge in [-0.25, -0.2) is 4.68 Å². The zero-order valence-corrected chi connectivity index (χ0v) is 23.7. The maximum Gasteiger partial charge on any atom is 0.240 e. The summed E-state index contributed by atoms with van der Waals surface area (Å²) in [6, 6.07) is 26.4. The molecule has 1 unspecified atom stereocenters. The summed E-state index contributed by atoms with van der Waals surface area (Å²) in [5.74, 6) is 0.943. The van der Waals surface area contributed by atoms with Gasteiger partial charge < -0.3 is 5.32 Å². The minimum Gasteiger partial charge on any atom is -0.354 e. The highest BCUT2D eigenvalue weighted by atomic mass is 32.2. The average molecular weight is 539 g/mol. The lowest BCUT2D eigenvalue weighted by atomic mass is 9.96. The molecule has 1 aromatic heterocycles. The van der Waals surface area contributed by atoms with Crippen molar-refractivity contribution in [1.29, 1.82) is 0 Å². The molecule has 0 radical (unpaired) electrons. The maximum absolute atomic E-state index is 13.8. The van der Waals surface area contributed by atoms with E-state index in [2.05, 4.69) is 50.4 Å². The van der Waals surface area contributed by atoms with Gasteiger partial charge in [-0.3, -0.25) is 14.5 Å². The van der Waals surface area contributed by atoms with Crippen molar-refractivity contribution < 1.29 is 9.59 Å². The van der Waals surface area contributed by atoms with Crippen LogP contribution >= 0.6 is 11.8 Å². The highest BCUT2D eigenvalue weighted by Gasteiger charge is 2.38. The van der Waals surface area contributed by atoms with Crippen molar-refractivity contribution in [3.8, 4) is 16.9 Å². The number of nitrogens with one attached hydrogen (secondary N) is 1.